The van der Waals surface area contributed by atoms with E-state index in [1.54, 1.807) is 13.0 Å². The second-order valence-electron chi connectivity index (χ2n) is 6.59. The minimum absolute atomic E-state index is 0.0997. The number of piperidine rings is 1. The second-order valence-corrected chi connectivity index (χ2v) is 6.59. The lowest BCUT2D eigenvalue weighted by atomic mass is 10.0. The molecule has 4 heteroatoms. The quantitative estimate of drug-likeness (QED) is 0.880. The fourth-order valence-electron chi connectivity index (χ4n) is 3.18. The summed E-state index contributed by atoms with van der Waals surface area (Å²) < 4.78 is 13.7. The average Bonchev–Trinajstić information content (AvgIpc) is 2.60. The molecule has 2 aromatic carbocycles. The van der Waals surface area contributed by atoms with Crippen molar-refractivity contribution in [1.29, 1.82) is 0 Å². The van der Waals surface area contributed by atoms with Gasteiger partial charge in [-0.2, -0.15) is 0 Å². The standard InChI is InChI=1S/C20H25FN2O/c1-14-19(21)4-3-5-20(14)22-15(2)16-6-8-17(9-7-16)23-12-10-18(24)11-13-23/h3-9,15,18,22,24H,10-13H2,1-2H3. The van der Waals surface area contributed by atoms with Crippen LogP contribution < -0.4 is 10.2 Å². The minimum atomic E-state index is -0.185. The summed E-state index contributed by atoms with van der Waals surface area (Å²) in [5.41, 5.74) is 3.84. The van der Waals surface area contributed by atoms with Gasteiger partial charge in [-0.25, -0.2) is 4.39 Å². The van der Waals surface area contributed by atoms with Gasteiger partial charge in [-0.05, 0) is 56.5 Å². The zero-order valence-corrected chi connectivity index (χ0v) is 14.3. The summed E-state index contributed by atoms with van der Waals surface area (Å²) >= 11 is 0. The van der Waals surface area contributed by atoms with Crippen LogP contribution >= 0.6 is 0 Å². The Morgan fingerprint density at radius 1 is 1.12 bits per heavy atom. The number of nitrogens with zero attached hydrogens (tertiary/aromatic N) is 1. The molecule has 1 unspecified atom stereocenters. The Bertz CT molecular complexity index is 679. The zero-order chi connectivity index (χ0) is 17.1. The molecule has 1 heterocycles. The van der Waals surface area contributed by atoms with Crippen LogP contribution in [0.1, 0.15) is 36.9 Å². The molecule has 0 bridgehead atoms. The van der Waals surface area contributed by atoms with Gasteiger partial charge in [-0.15, -0.1) is 0 Å². The van der Waals surface area contributed by atoms with Gasteiger partial charge < -0.3 is 15.3 Å². The topological polar surface area (TPSA) is 35.5 Å². The number of nitrogens with one attached hydrogen (secondary N) is 1. The summed E-state index contributed by atoms with van der Waals surface area (Å²) in [6.45, 7) is 5.67. The van der Waals surface area contributed by atoms with Crippen LogP contribution in [0.5, 0.6) is 0 Å². The molecule has 0 radical (unpaired) electrons. The highest BCUT2D eigenvalue weighted by Gasteiger charge is 2.17. The summed E-state index contributed by atoms with van der Waals surface area (Å²) in [6, 6.07) is 13.7. The molecule has 0 amide bonds. The molecule has 1 aliphatic heterocycles. The van der Waals surface area contributed by atoms with Crippen LogP contribution in [0.2, 0.25) is 0 Å². The van der Waals surface area contributed by atoms with Gasteiger partial charge in [0, 0.05) is 36.1 Å². The van der Waals surface area contributed by atoms with E-state index in [4.69, 9.17) is 0 Å². The zero-order valence-electron chi connectivity index (χ0n) is 14.3. The molecule has 128 valence electrons. The van der Waals surface area contributed by atoms with Crippen molar-refractivity contribution in [1.82, 2.24) is 0 Å². The van der Waals surface area contributed by atoms with Gasteiger partial charge in [0.05, 0.1) is 6.10 Å². The van der Waals surface area contributed by atoms with Crippen molar-refractivity contribution < 1.29 is 9.50 Å². The maximum atomic E-state index is 13.7. The summed E-state index contributed by atoms with van der Waals surface area (Å²) in [4.78, 5) is 2.31. The Hall–Kier alpha value is -2.07. The van der Waals surface area contributed by atoms with Crippen molar-refractivity contribution >= 4 is 11.4 Å². The van der Waals surface area contributed by atoms with Crippen LogP contribution in [0.25, 0.3) is 0 Å². The molecular weight excluding hydrogens is 303 g/mol. The third-order valence-electron chi connectivity index (χ3n) is 4.86. The first-order valence-electron chi connectivity index (χ1n) is 8.59. The van der Waals surface area contributed by atoms with Gasteiger partial charge in [0.15, 0.2) is 0 Å². The molecule has 2 N–H and O–H groups in total. The van der Waals surface area contributed by atoms with Gasteiger partial charge in [-0.1, -0.05) is 18.2 Å². The van der Waals surface area contributed by atoms with Crippen LogP contribution in [0.15, 0.2) is 42.5 Å². The lowest BCUT2D eigenvalue weighted by Crippen LogP contribution is -2.35. The number of halogens is 1. The first-order valence-corrected chi connectivity index (χ1v) is 8.59. The molecule has 0 aromatic heterocycles. The van der Waals surface area contributed by atoms with E-state index in [-0.39, 0.29) is 18.0 Å². The molecule has 0 aliphatic carbocycles. The number of anilines is 2. The molecule has 1 atom stereocenters. The first-order chi connectivity index (χ1) is 11.5. The number of hydrogen-bond donors (Lipinski definition) is 2. The normalized spacial score (nSPS) is 16.9. The molecule has 1 aliphatic rings. The Morgan fingerprint density at radius 2 is 1.79 bits per heavy atom. The highest BCUT2D eigenvalue weighted by atomic mass is 19.1. The van der Waals surface area contributed by atoms with E-state index >= 15 is 0 Å². The van der Waals surface area contributed by atoms with Crippen LogP contribution in [-0.4, -0.2) is 24.3 Å². The molecule has 1 fully saturated rings. The average molecular weight is 328 g/mol. The SMILES string of the molecule is Cc1c(F)cccc1NC(C)c1ccc(N2CCC(O)CC2)cc1. The van der Waals surface area contributed by atoms with E-state index in [9.17, 15) is 9.50 Å². The summed E-state index contributed by atoms with van der Waals surface area (Å²) in [5, 5.41) is 13.0. The molecule has 24 heavy (non-hydrogen) atoms. The van der Waals surface area contributed by atoms with Crippen molar-refractivity contribution in [3.05, 3.63) is 59.4 Å². The highest BCUT2D eigenvalue weighted by molar-refractivity contribution is 5.54. The van der Waals surface area contributed by atoms with E-state index in [0.29, 0.717) is 5.56 Å². The predicted molar refractivity (Wildman–Crippen MR) is 97.1 cm³/mol. The van der Waals surface area contributed by atoms with E-state index in [2.05, 4.69) is 41.4 Å². The lowest BCUT2D eigenvalue weighted by Gasteiger charge is -2.31. The third-order valence-corrected chi connectivity index (χ3v) is 4.86. The van der Waals surface area contributed by atoms with Gasteiger partial charge in [0.25, 0.3) is 0 Å². The number of hydrogen-bond acceptors (Lipinski definition) is 3. The van der Waals surface area contributed by atoms with Crippen LogP contribution in [0, 0.1) is 12.7 Å². The van der Waals surface area contributed by atoms with E-state index in [1.165, 1.54) is 17.3 Å². The van der Waals surface area contributed by atoms with Crippen molar-refractivity contribution in [2.24, 2.45) is 0 Å². The summed E-state index contributed by atoms with van der Waals surface area (Å²) in [5.74, 6) is -0.185. The van der Waals surface area contributed by atoms with Crippen molar-refractivity contribution in [2.45, 2.75) is 38.8 Å². The first kappa shape index (κ1) is 16.8. The molecule has 2 aromatic rings. The van der Waals surface area contributed by atoms with Crippen molar-refractivity contribution in [3.8, 4) is 0 Å². The van der Waals surface area contributed by atoms with Gasteiger partial charge >= 0.3 is 0 Å². The predicted octanol–water partition coefficient (Wildman–Crippen LogP) is 4.27. The molecular formula is C20H25FN2O. The molecule has 3 nitrogen and oxygen atoms in total. The lowest BCUT2D eigenvalue weighted by molar-refractivity contribution is 0.145. The monoisotopic (exact) mass is 328 g/mol. The van der Waals surface area contributed by atoms with E-state index in [0.717, 1.165) is 31.6 Å². The molecule has 3 rings (SSSR count). The smallest absolute Gasteiger partial charge is 0.128 e. The van der Waals surface area contributed by atoms with Crippen LogP contribution in [0.4, 0.5) is 15.8 Å². The molecule has 0 spiro atoms. The number of benzene rings is 2. The Labute approximate surface area is 143 Å². The van der Waals surface area contributed by atoms with E-state index in [1.807, 2.05) is 6.07 Å². The number of rotatable bonds is 4. The summed E-state index contributed by atoms with van der Waals surface area (Å²) in [6.07, 6.45) is 1.51. The van der Waals surface area contributed by atoms with Gasteiger partial charge in [-0.3, -0.25) is 0 Å². The van der Waals surface area contributed by atoms with E-state index < -0.39 is 0 Å². The van der Waals surface area contributed by atoms with Crippen LogP contribution in [-0.2, 0) is 0 Å². The van der Waals surface area contributed by atoms with Gasteiger partial charge in [0.1, 0.15) is 5.82 Å². The van der Waals surface area contributed by atoms with Crippen LogP contribution in [0.3, 0.4) is 0 Å². The fraction of sp³-hybridized carbons (Fsp3) is 0.400. The minimum Gasteiger partial charge on any atom is -0.393 e. The highest BCUT2D eigenvalue weighted by Crippen LogP contribution is 2.26. The van der Waals surface area contributed by atoms with Gasteiger partial charge in [0.2, 0.25) is 0 Å². The summed E-state index contributed by atoms with van der Waals surface area (Å²) in [7, 11) is 0. The Kier molecular flexibility index (Phi) is 5.05. The molecule has 0 saturated carbocycles. The maximum Gasteiger partial charge on any atom is 0.128 e. The third kappa shape index (κ3) is 3.70. The second kappa shape index (κ2) is 7.22. The maximum absolute atomic E-state index is 13.7. The number of aliphatic hydroxyl groups excluding tert-OH is 1. The number of aliphatic hydroxyl groups is 1. The van der Waals surface area contributed by atoms with Crippen molar-refractivity contribution in [2.75, 3.05) is 23.3 Å². The molecule has 1 saturated heterocycles. The van der Waals surface area contributed by atoms with Crippen molar-refractivity contribution in [3.63, 3.8) is 0 Å². The fourth-order valence-corrected chi connectivity index (χ4v) is 3.18. The Balaban J connectivity index is 1.67. The Morgan fingerprint density at radius 3 is 2.46 bits per heavy atom. The largest absolute Gasteiger partial charge is 0.393 e.